The van der Waals surface area contributed by atoms with Gasteiger partial charge in [-0.15, -0.1) is 0 Å². The van der Waals surface area contributed by atoms with Gasteiger partial charge in [0.1, 0.15) is 5.75 Å². The molecule has 0 aliphatic rings. The zero-order chi connectivity index (χ0) is 12.3. The summed E-state index contributed by atoms with van der Waals surface area (Å²) < 4.78 is 5.24. The third kappa shape index (κ3) is 2.53. The van der Waals surface area contributed by atoms with Crippen LogP contribution in [0.4, 0.5) is 0 Å². The maximum Gasteiger partial charge on any atom is 0.308 e. The van der Waals surface area contributed by atoms with Gasteiger partial charge in [-0.1, -0.05) is 42.5 Å². The van der Waals surface area contributed by atoms with Crippen LogP contribution in [0.25, 0.3) is 11.1 Å². The van der Waals surface area contributed by atoms with Gasteiger partial charge in [0.2, 0.25) is 0 Å². The van der Waals surface area contributed by atoms with Gasteiger partial charge in [0.15, 0.2) is 0 Å². The second kappa shape index (κ2) is 4.83. The molecule has 2 heteroatoms. The quantitative estimate of drug-likeness (QED) is 0.578. The van der Waals surface area contributed by atoms with Crippen LogP contribution in [0, 0.1) is 6.92 Å². The minimum absolute atomic E-state index is 0.298. The van der Waals surface area contributed by atoms with Crippen molar-refractivity contribution in [3.8, 4) is 16.9 Å². The van der Waals surface area contributed by atoms with E-state index in [-0.39, 0.29) is 5.97 Å². The van der Waals surface area contributed by atoms with Gasteiger partial charge in [-0.2, -0.15) is 0 Å². The average molecular weight is 226 g/mol. The molecule has 0 radical (unpaired) electrons. The Bertz CT molecular complexity index is 530. The fourth-order valence-electron chi connectivity index (χ4n) is 1.86. The second-order valence-electron chi connectivity index (χ2n) is 3.91. The van der Waals surface area contributed by atoms with Crippen LogP contribution in [0.5, 0.6) is 5.75 Å². The Morgan fingerprint density at radius 3 is 2.35 bits per heavy atom. The SMILES string of the molecule is CC(=O)Oc1cccc(C)c1-c1ccccc1. The molecule has 0 amide bonds. The van der Waals surface area contributed by atoms with E-state index < -0.39 is 0 Å². The number of carbonyl (C=O) groups is 1. The van der Waals surface area contributed by atoms with Crippen LogP contribution in [-0.2, 0) is 4.79 Å². The van der Waals surface area contributed by atoms with Crippen LogP contribution in [0.1, 0.15) is 12.5 Å². The Morgan fingerprint density at radius 1 is 1.00 bits per heavy atom. The lowest BCUT2D eigenvalue weighted by Crippen LogP contribution is -2.03. The van der Waals surface area contributed by atoms with E-state index in [4.69, 9.17) is 4.74 Å². The zero-order valence-electron chi connectivity index (χ0n) is 9.94. The highest BCUT2D eigenvalue weighted by atomic mass is 16.5. The first-order chi connectivity index (χ1) is 8.18. The molecule has 86 valence electrons. The first-order valence-electron chi connectivity index (χ1n) is 5.52. The Labute approximate surface area is 101 Å². The van der Waals surface area contributed by atoms with E-state index in [2.05, 4.69) is 0 Å². The van der Waals surface area contributed by atoms with Crippen molar-refractivity contribution in [1.82, 2.24) is 0 Å². The molecule has 0 heterocycles. The molecule has 0 saturated heterocycles. The summed E-state index contributed by atoms with van der Waals surface area (Å²) in [4.78, 5) is 11.1. The van der Waals surface area contributed by atoms with E-state index in [1.807, 2.05) is 55.5 Å². The number of benzene rings is 2. The van der Waals surface area contributed by atoms with E-state index in [1.54, 1.807) is 0 Å². The number of carbonyl (C=O) groups excluding carboxylic acids is 1. The summed E-state index contributed by atoms with van der Waals surface area (Å²) >= 11 is 0. The van der Waals surface area contributed by atoms with E-state index in [9.17, 15) is 4.79 Å². The summed E-state index contributed by atoms with van der Waals surface area (Å²) in [6, 6.07) is 15.6. The summed E-state index contributed by atoms with van der Waals surface area (Å²) in [5.74, 6) is 0.316. The lowest BCUT2D eigenvalue weighted by molar-refractivity contribution is -0.131. The Morgan fingerprint density at radius 2 is 1.71 bits per heavy atom. The lowest BCUT2D eigenvalue weighted by Gasteiger charge is -2.11. The third-order valence-electron chi connectivity index (χ3n) is 2.55. The van der Waals surface area contributed by atoms with Crippen molar-refractivity contribution in [2.45, 2.75) is 13.8 Å². The molecule has 0 fully saturated rings. The summed E-state index contributed by atoms with van der Waals surface area (Å²) in [7, 11) is 0. The van der Waals surface area contributed by atoms with E-state index in [1.165, 1.54) is 6.92 Å². The fraction of sp³-hybridized carbons (Fsp3) is 0.133. The average Bonchev–Trinajstić information content (AvgIpc) is 2.29. The summed E-state index contributed by atoms with van der Waals surface area (Å²) in [6.07, 6.45) is 0. The molecule has 2 rings (SSSR count). The largest absolute Gasteiger partial charge is 0.426 e. The highest BCUT2D eigenvalue weighted by Gasteiger charge is 2.10. The monoisotopic (exact) mass is 226 g/mol. The predicted molar refractivity (Wildman–Crippen MR) is 67.9 cm³/mol. The molecule has 0 spiro atoms. The number of rotatable bonds is 2. The van der Waals surface area contributed by atoms with Gasteiger partial charge in [-0.3, -0.25) is 4.79 Å². The van der Waals surface area contributed by atoms with Crippen molar-refractivity contribution < 1.29 is 9.53 Å². The van der Waals surface area contributed by atoms with Gasteiger partial charge in [-0.05, 0) is 24.1 Å². The van der Waals surface area contributed by atoms with Gasteiger partial charge >= 0.3 is 5.97 Å². The lowest BCUT2D eigenvalue weighted by atomic mass is 9.99. The fourth-order valence-corrected chi connectivity index (χ4v) is 1.86. The van der Waals surface area contributed by atoms with Crippen molar-refractivity contribution >= 4 is 5.97 Å². The minimum atomic E-state index is -0.298. The number of hydrogen-bond acceptors (Lipinski definition) is 2. The van der Waals surface area contributed by atoms with Crippen molar-refractivity contribution in [2.24, 2.45) is 0 Å². The number of hydrogen-bond donors (Lipinski definition) is 0. The van der Waals surface area contributed by atoms with Gasteiger partial charge in [0.05, 0.1) is 0 Å². The molecule has 2 aromatic rings. The van der Waals surface area contributed by atoms with Crippen LogP contribution in [-0.4, -0.2) is 5.97 Å². The molecule has 0 aromatic heterocycles. The van der Waals surface area contributed by atoms with Gasteiger partial charge in [0, 0.05) is 12.5 Å². The van der Waals surface area contributed by atoms with Crippen LogP contribution in [0.2, 0.25) is 0 Å². The third-order valence-corrected chi connectivity index (χ3v) is 2.55. The van der Waals surface area contributed by atoms with Gasteiger partial charge < -0.3 is 4.74 Å². The zero-order valence-corrected chi connectivity index (χ0v) is 9.94. The molecule has 0 unspecified atom stereocenters. The molecule has 0 atom stereocenters. The number of aryl methyl sites for hydroxylation is 1. The number of ether oxygens (including phenoxy) is 1. The highest BCUT2D eigenvalue weighted by Crippen LogP contribution is 2.32. The first kappa shape index (κ1) is 11.4. The smallest absolute Gasteiger partial charge is 0.308 e. The highest BCUT2D eigenvalue weighted by molar-refractivity contribution is 5.78. The van der Waals surface area contributed by atoms with Crippen molar-refractivity contribution in [3.05, 3.63) is 54.1 Å². The molecule has 17 heavy (non-hydrogen) atoms. The maximum atomic E-state index is 11.1. The molecule has 0 aliphatic heterocycles. The summed E-state index contributed by atoms with van der Waals surface area (Å²) in [5, 5.41) is 0. The normalized spacial score (nSPS) is 10.0. The Hall–Kier alpha value is -2.09. The molecular weight excluding hydrogens is 212 g/mol. The summed E-state index contributed by atoms with van der Waals surface area (Å²) in [5.41, 5.74) is 3.13. The summed E-state index contributed by atoms with van der Waals surface area (Å²) in [6.45, 7) is 3.42. The van der Waals surface area contributed by atoms with E-state index in [0.29, 0.717) is 5.75 Å². The standard InChI is InChI=1S/C15H14O2/c1-11-7-6-10-14(17-12(2)16)15(11)13-8-4-3-5-9-13/h3-10H,1-2H3. The molecule has 0 bridgehead atoms. The molecule has 0 saturated carbocycles. The number of esters is 1. The van der Waals surface area contributed by atoms with Crippen LogP contribution >= 0.6 is 0 Å². The van der Waals surface area contributed by atoms with Crippen LogP contribution in [0.15, 0.2) is 48.5 Å². The maximum absolute atomic E-state index is 11.1. The van der Waals surface area contributed by atoms with Gasteiger partial charge in [-0.25, -0.2) is 0 Å². The first-order valence-corrected chi connectivity index (χ1v) is 5.52. The topological polar surface area (TPSA) is 26.3 Å². The molecule has 0 N–H and O–H groups in total. The second-order valence-corrected chi connectivity index (χ2v) is 3.91. The predicted octanol–water partition coefficient (Wildman–Crippen LogP) is 3.59. The molecule has 0 aliphatic carbocycles. The van der Waals surface area contributed by atoms with Crippen molar-refractivity contribution in [1.29, 1.82) is 0 Å². The molecule has 2 nitrogen and oxygen atoms in total. The molecular formula is C15H14O2. The van der Waals surface area contributed by atoms with E-state index >= 15 is 0 Å². The molecule has 2 aromatic carbocycles. The van der Waals surface area contributed by atoms with Crippen molar-refractivity contribution in [2.75, 3.05) is 0 Å². The Balaban J connectivity index is 2.55. The van der Waals surface area contributed by atoms with Gasteiger partial charge in [0.25, 0.3) is 0 Å². The van der Waals surface area contributed by atoms with E-state index in [0.717, 1.165) is 16.7 Å². The van der Waals surface area contributed by atoms with Crippen LogP contribution < -0.4 is 4.74 Å². The minimum Gasteiger partial charge on any atom is -0.426 e. The Kier molecular flexibility index (Phi) is 3.24. The van der Waals surface area contributed by atoms with Crippen LogP contribution in [0.3, 0.4) is 0 Å². The van der Waals surface area contributed by atoms with Crippen molar-refractivity contribution in [3.63, 3.8) is 0 Å².